The van der Waals surface area contributed by atoms with Crippen LogP contribution in [0.4, 0.5) is 16.3 Å². The lowest BCUT2D eigenvalue weighted by molar-refractivity contribution is 0.631. The Labute approximate surface area is 161 Å². The van der Waals surface area contributed by atoms with Gasteiger partial charge in [0.05, 0.1) is 0 Å². The van der Waals surface area contributed by atoms with Gasteiger partial charge in [-0.3, -0.25) is 0 Å². The number of hydrogen-bond donors (Lipinski definition) is 2. The van der Waals surface area contributed by atoms with Gasteiger partial charge in [0.25, 0.3) is 0 Å². The zero-order valence-electron chi connectivity index (χ0n) is 15.1. The largest absolute Gasteiger partial charge is 0.368 e. The van der Waals surface area contributed by atoms with Crippen molar-refractivity contribution in [2.24, 2.45) is 0 Å². The molecule has 2 heterocycles. The lowest BCUT2D eigenvalue weighted by Crippen LogP contribution is -1.96. The van der Waals surface area contributed by atoms with Gasteiger partial charge in [0, 0.05) is 48.5 Å². The highest BCUT2D eigenvalue weighted by Gasteiger charge is 2.12. The van der Waals surface area contributed by atoms with Crippen LogP contribution < -0.4 is 11.1 Å². The fourth-order valence-electron chi connectivity index (χ4n) is 2.98. The van der Waals surface area contributed by atoms with Gasteiger partial charge >= 0.3 is 0 Å². The maximum atomic E-state index is 14.8. The van der Waals surface area contributed by atoms with Crippen molar-refractivity contribution in [1.82, 2.24) is 19.9 Å². The molecular formula is C21H17FN6. The second kappa shape index (κ2) is 7.40. The molecule has 2 aromatic carbocycles. The molecular weight excluding hydrogens is 355 g/mol. The number of nitrogens with zero attached hydrogens (tertiary/aromatic N) is 4. The first kappa shape index (κ1) is 17.5. The van der Waals surface area contributed by atoms with E-state index in [1.807, 2.05) is 30.3 Å². The first-order valence-electron chi connectivity index (χ1n) is 8.62. The predicted molar refractivity (Wildman–Crippen MR) is 108 cm³/mol. The quantitative estimate of drug-likeness (QED) is 0.562. The van der Waals surface area contributed by atoms with Crippen LogP contribution in [-0.4, -0.2) is 27.0 Å². The van der Waals surface area contributed by atoms with Gasteiger partial charge in [-0.25, -0.2) is 24.3 Å². The van der Waals surface area contributed by atoms with Crippen molar-refractivity contribution < 1.29 is 4.39 Å². The first-order chi connectivity index (χ1) is 13.7. The van der Waals surface area contributed by atoms with Crippen LogP contribution in [0.15, 0.2) is 67.3 Å². The summed E-state index contributed by atoms with van der Waals surface area (Å²) in [4.78, 5) is 16.4. The van der Waals surface area contributed by atoms with Gasteiger partial charge in [-0.2, -0.15) is 0 Å². The van der Waals surface area contributed by atoms with Crippen LogP contribution >= 0.6 is 0 Å². The molecule has 0 aliphatic rings. The molecule has 0 aliphatic carbocycles. The third-order valence-electron chi connectivity index (χ3n) is 4.38. The monoisotopic (exact) mass is 372 g/mol. The van der Waals surface area contributed by atoms with E-state index in [1.54, 1.807) is 25.5 Å². The predicted octanol–water partition coefficient (Wildman–Crippen LogP) is 4.03. The van der Waals surface area contributed by atoms with Crippen LogP contribution in [0.25, 0.3) is 33.4 Å². The second-order valence-electron chi connectivity index (χ2n) is 6.12. The smallest absolute Gasteiger partial charge is 0.222 e. The van der Waals surface area contributed by atoms with E-state index >= 15 is 0 Å². The maximum absolute atomic E-state index is 14.8. The van der Waals surface area contributed by atoms with Gasteiger partial charge in [0.2, 0.25) is 11.9 Å². The number of hydrogen-bond acceptors (Lipinski definition) is 6. The Balaban J connectivity index is 1.75. The summed E-state index contributed by atoms with van der Waals surface area (Å²) in [6.45, 7) is 0. The average molecular weight is 372 g/mol. The van der Waals surface area contributed by atoms with Crippen LogP contribution in [0.3, 0.4) is 0 Å². The fourth-order valence-corrected chi connectivity index (χ4v) is 2.98. The van der Waals surface area contributed by atoms with E-state index in [0.717, 1.165) is 22.3 Å². The van der Waals surface area contributed by atoms with Gasteiger partial charge in [-0.15, -0.1) is 0 Å². The van der Waals surface area contributed by atoms with E-state index in [9.17, 15) is 4.39 Å². The topological polar surface area (TPSA) is 89.6 Å². The molecule has 0 saturated carbocycles. The third kappa shape index (κ3) is 3.37. The van der Waals surface area contributed by atoms with Crippen molar-refractivity contribution in [3.63, 3.8) is 0 Å². The summed E-state index contributed by atoms with van der Waals surface area (Å²) in [6, 6.07) is 12.9. The second-order valence-corrected chi connectivity index (χ2v) is 6.12. The molecule has 0 spiro atoms. The van der Waals surface area contributed by atoms with E-state index < -0.39 is 0 Å². The van der Waals surface area contributed by atoms with Crippen molar-refractivity contribution in [1.29, 1.82) is 0 Å². The van der Waals surface area contributed by atoms with Gasteiger partial charge in [-0.1, -0.05) is 36.4 Å². The summed E-state index contributed by atoms with van der Waals surface area (Å²) < 4.78 is 14.8. The van der Waals surface area contributed by atoms with E-state index in [2.05, 4.69) is 25.3 Å². The third-order valence-corrected chi connectivity index (χ3v) is 4.38. The van der Waals surface area contributed by atoms with Crippen molar-refractivity contribution >= 4 is 11.9 Å². The Hall–Kier alpha value is -3.87. The number of anilines is 2. The highest BCUT2D eigenvalue weighted by Crippen LogP contribution is 2.34. The number of aromatic nitrogens is 4. The van der Waals surface area contributed by atoms with Crippen molar-refractivity contribution in [2.45, 2.75) is 0 Å². The van der Waals surface area contributed by atoms with Crippen molar-refractivity contribution in [3.8, 4) is 33.4 Å². The minimum atomic E-state index is -0.359. The zero-order valence-corrected chi connectivity index (χ0v) is 15.1. The van der Waals surface area contributed by atoms with Crippen LogP contribution in [-0.2, 0) is 0 Å². The summed E-state index contributed by atoms with van der Waals surface area (Å²) in [5.74, 6) is 0.339. The SMILES string of the molecule is CNc1ncc(-c2ccccc2-c2ccc(-c3cnc(N)nc3)c(F)c2)cn1. The molecule has 0 radical (unpaired) electrons. The lowest BCUT2D eigenvalue weighted by Gasteiger charge is -2.11. The standard InChI is InChI=1S/C21H17FN6/c1-24-21-27-11-14(12-28-21)17-5-3-2-4-16(17)13-6-7-18(19(22)8-13)15-9-25-20(23)26-10-15/h2-12H,1H3,(H2,23,25,26)(H,24,27,28). The van der Waals surface area contributed by atoms with Crippen LogP contribution in [0.1, 0.15) is 0 Å². The molecule has 4 rings (SSSR count). The Morgan fingerprint density at radius 2 is 1.32 bits per heavy atom. The molecule has 0 unspecified atom stereocenters. The highest BCUT2D eigenvalue weighted by atomic mass is 19.1. The number of rotatable bonds is 4. The first-order valence-corrected chi connectivity index (χ1v) is 8.62. The summed E-state index contributed by atoms with van der Waals surface area (Å²) in [5.41, 5.74) is 9.92. The minimum Gasteiger partial charge on any atom is -0.368 e. The normalized spacial score (nSPS) is 10.6. The molecule has 28 heavy (non-hydrogen) atoms. The summed E-state index contributed by atoms with van der Waals surface area (Å²) in [6.07, 6.45) is 6.51. The van der Waals surface area contributed by atoms with Gasteiger partial charge in [0.1, 0.15) is 5.82 Å². The lowest BCUT2D eigenvalue weighted by atomic mass is 9.94. The number of halogens is 1. The molecule has 0 bridgehead atoms. The molecule has 6 nitrogen and oxygen atoms in total. The van der Waals surface area contributed by atoms with Crippen molar-refractivity contribution in [3.05, 3.63) is 73.1 Å². The molecule has 138 valence electrons. The Bertz CT molecular complexity index is 1110. The van der Waals surface area contributed by atoms with Gasteiger partial charge in [-0.05, 0) is 22.8 Å². The Kier molecular flexibility index (Phi) is 4.63. The van der Waals surface area contributed by atoms with E-state index in [0.29, 0.717) is 17.1 Å². The molecule has 3 N–H and O–H groups in total. The molecule has 0 atom stereocenters. The maximum Gasteiger partial charge on any atom is 0.222 e. The van der Waals surface area contributed by atoms with E-state index in [1.165, 1.54) is 18.5 Å². The Morgan fingerprint density at radius 3 is 1.93 bits per heavy atom. The number of benzene rings is 2. The Morgan fingerprint density at radius 1 is 0.750 bits per heavy atom. The van der Waals surface area contributed by atoms with E-state index in [4.69, 9.17) is 5.73 Å². The van der Waals surface area contributed by atoms with Gasteiger partial charge in [0.15, 0.2) is 0 Å². The molecule has 2 aromatic heterocycles. The number of nitrogens with one attached hydrogen (secondary N) is 1. The summed E-state index contributed by atoms with van der Waals surface area (Å²) >= 11 is 0. The average Bonchev–Trinajstić information content (AvgIpc) is 2.74. The van der Waals surface area contributed by atoms with Crippen molar-refractivity contribution in [2.75, 3.05) is 18.1 Å². The van der Waals surface area contributed by atoms with Crippen LogP contribution in [0.5, 0.6) is 0 Å². The molecule has 0 amide bonds. The fraction of sp³-hybridized carbons (Fsp3) is 0.0476. The number of nitrogen functional groups attached to an aromatic ring is 1. The zero-order chi connectivity index (χ0) is 19.5. The van der Waals surface area contributed by atoms with Crippen LogP contribution in [0, 0.1) is 5.82 Å². The highest BCUT2D eigenvalue weighted by molar-refractivity contribution is 5.84. The molecule has 7 heteroatoms. The molecule has 0 fully saturated rings. The molecule has 0 saturated heterocycles. The van der Waals surface area contributed by atoms with E-state index in [-0.39, 0.29) is 11.8 Å². The van der Waals surface area contributed by atoms with Gasteiger partial charge < -0.3 is 11.1 Å². The molecule has 4 aromatic rings. The minimum absolute atomic E-state index is 0.154. The summed E-state index contributed by atoms with van der Waals surface area (Å²) in [5, 5.41) is 2.89. The molecule has 0 aliphatic heterocycles. The van der Waals surface area contributed by atoms with Crippen LogP contribution in [0.2, 0.25) is 0 Å². The summed E-state index contributed by atoms with van der Waals surface area (Å²) in [7, 11) is 1.76. The number of nitrogens with two attached hydrogens (primary N) is 1.